The van der Waals surface area contributed by atoms with Crippen LogP contribution in [0.2, 0.25) is 0 Å². The van der Waals surface area contributed by atoms with Crippen LogP contribution in [0.1, 0.15) is 36.1 Å². The smallest absolute Gasteiger partial charge is 0.0547 e. The predicted molar refractivity (Wildman–Crippen MR) is 220 cm³/mol. The predicted octanol–water partition coefficient (Wildman–Crippen LogP) is 12.5. The van der Waals surface area contributed by atoms with Crippen LogP contribution in [-0.4, -0.2) is 11.1 Å². The van der Waals surface area contributed by atoms with Crippen LogP contribution >= 0.6 is 0 Å². The Kier molecular flexibility index (Phi) is 6.94. The number of benzene rings is 7. The van der Waals surface area contributed by atoms with Gasteiger partial charge in [-0.3, -0.25) is 0 Å². The molecule has 0 spiro atoms. The van der Waals surface area contributed by atoms with E-state index in [0.29, 0.717) is 0 Å². The average molecular weight is 667 g/mol. The second kappa shape index (κ2) is 11.9. The fourth-order valence-corrected chi connectivity index (χ4v) is 8.64. The first-order valence-electron chi connectivity index (χ1n) is 18.2. The highest BCUT2D eigenvalue weighted by atomic mass is 15.0. The molecule has 1 N–H and O–H groups in total. The number of hydrogen-bond acceptors (Lipinski definition) is 1. The third kappa shape index (κ3) is 4.79. The number of aromatic nitrogens is 1. The highest BCUT2D eigenvalue weighted by Crippen LogP contribution is 2.50. The van der Waals surface area contributed by atoms with Crippen LogP contribution in [-0.2, 0) is 5.41 Å². The summed E-state index contributed by atoms with van der Waals surface area (Å²) in [4.78, 5) is 0. The van der Waals surface area contributed by atoms with Gasteiger partial charge in [-0.05, 0) is 97.6 Å². The molecule has 2 heteroatoms. The summed E-state index contributed by atoms with van der Waals surface area (Å²) in [5.41, 5.74) is 18.7. The normalized spacial score (nSPS) is 14.4. The Hall–Kier alpha value is -6.38. The fraction of sp³-hybridized carbons (Fsp3) is 0.0800. The summed E-state index contributed by atoms with van der Waals surface area (Å²) in [6.45, 7) is 5.50. The Bertz CT molecular complexity index is 2680. The number of hydrogen-bond donors (Lipinski definition) is 1. The molecule has 0 radical (unpaired) electrons. The summed E-state index contributed by atoms with van der Waals surface area (Å²) in [5, 5.41) is 6.04. The zero-order valence-electron chi connectivity index (χ0n) is 29.4. The highest BCUT2D eigenvalue weighted by Gasteiger charge is 2.35. The molecule has 52 heavy (non-hydrogen) atoms. The third-order valence-corrected chi connectivity index (χ3v) is 11.2. The van der Waals surface area contributed by atoms with Crippen LogP contribution < -0.4 is 5.32 Å². The Morgan fingerprint density at radius 1 is 0.462 bits per heavy atom. The van der Waals surface area contributed by atoms with Crippen molar-refractivity contribution >= 4 is 33.0 Å². The standard InChI is InChI=1S/C50H38N2/c1-50(2)46-19-11-9-17-41(46)42-23-21-35(30-47(42)50)45-32-51-26-25-40(45)36-22-24-44-43-18-10-12-20-48(43)52(49(44)31-36)39-28-37(33-13-5-3-6-14-33)27-38(29-39)34-15-7-4-8-16-34/h3-25,27-32,51H,26H2,1-2H3. The largest absolute Gasteiger partial charge is 0.387 e. The van der Waals surface area contributed by atoms with Crippen LogP contribution in [0, 0.1) is 0 Å². The second-order valence-corrected chi connectivity index (χ2v) is 14.6. The molecule has 0 fully saturated rings. The van der Waals surface area contributed by atoms with Crippen molar-refractivity contribution < 1.29 is 0 Å². The molecule has 0 saturated heterocycles. The van der Waals surface area contributed by atoms with Gasteiger partial charge in [-0.25, -0.2) is 0 Å². The van der Waals surface area contributed by atoms with Gasteiger partial charge in [0.05, 0.1) is 11.0 Å². The molecule has 10 rings (SSSR count). The summed E-state index contributed by atoms with van der Waals surface area (Å²) in [7, 11) is 0. The Balaban J connectivity index is 1.14. The second-order valence-electron chi connectivity index (χ2n) is 14.6. The van der Waals surface area contributed by atoms with Crippen molar-refractivity contribution in [2.75, 3.05) is 6.54 Å². The maximum absolute atomic E-state index is 3.53. The quantitative estimate of drug-likeness (QED) is 0.193. The van der Waals surface area contributed by atoms with E-state index in [4.69, 9.17) is 0 Å². The van der Waals surface area contributed by atoms with Crippen molar-refractivity contribution in [3.8, 4) is 39.1 Å². The van der Waals surface area contributed by atoms with Crippen LogP contribution in [0.4, 0.5) is 0 Å². The van der Waals surface area contributed by atoms with Gasteiger partial charge in [0.1, 0.15) is 0 Å². The number of nitrogens with one attached hydrogen (secondary N) is 1. The molecule has 0 saturated carbocycles. The lowest BCUT2D eigenvalue weighted by Gasteiger charge is -2.23. The van der Waals surface area contributed by atoms with Gasteiger partial charge in [-0.1, -0.05) is 147 Å². The van der Waals surface area contributed by atoms with Crippen LogP contribution in [0.15, 0.2) is 176 Å². The van der Waals surface area contributed by atoms with Crippen molar-refractivity contribution in [1.82, 2.24) is 9.88 Å². The monoisotopic (exact) mass is 666 g/mol. The van der Waals surface area contributed by atoms with E-state index in [9.17, 15) is 0 Å². The zero-order chi connectivity index (χ0) is 34.8. The molecular weight excluding hydrogens is 629 g/mol. The van der Waals surface area contributed by atoms with Gasteiger partial charge in [0.15, 0.2) is 0 Å². The fourth-order valence-electron chi connectivity index (χ4n) is 8.64. The summed E-state index contributed by atoms with van der Waals surface area (Å²) in [5.74, 6) is 0. The van der Waals surface area contributed by atoms with Crippen LogP contribution in [0.3, 0.4) is 0 Å². The SMILES string of the molecule is CC1(C)c2ccccc2-c2ccc(C3=CNCC=C3c3ccc4c5ccccc5n(-c5cc(-c6ccccc6)cc(-c6ccccc6)c5)c4c3)cc21. The minimum absolute atomic E-state index is 0.0544. The molecule has 2 nitrogen and oxygen atoms in total. The van der Waals surface area contributed by atoms with Crippen molar-refractivity contribution in [1.29, 1.82) is 0 Å². The van der Waals surface area contributed by atoms with E-state index >= 15 is 0 Å². The molecule has 0 bridgehead atoms. The van der Waals surface area contributed by atoms with E-state index in [1.165, 1.54) is 88.6 Å². The first-order valence-corrected chi connectivity index (χ1v) is 18.2. The van der Waals surface area contributed by atoms with Crippen molar-refractivity contribution in [2.24, 2.45) is 0 Å². The van der Waals surface area contributed by atoms with E-state index < -0.39 is 0 Å². The molecule has 1 aromatic heterocycles. The van der Waals surface area contributed by atoms with Gasteiger partial charge >= 0.3 is 0 Å². The van der Waals surface area contributed by atoms with E-state index in [1.54, 1.807) is 0 Å². The highest BCUT2D eigenvalue weighted by molar-refractivity contribution is 6.12. The zero-order valence-corrected chi connectivity index (χ0v) is 29.4. The molecule has 0 amide bonds. The van der Waals surface area contributed by atoms with Gasteiger partial charge in [0, 0.05) is 40.2 Å². The van der Waals surface area contributed by atoms with Gasteiger partial charge in [-0.2, -0.15) is 0 Å². The molecular formula is C50H38N2. The minimum atomic E-state index is -0.0544. The number of para-hydroxylation sites is 1. The van der Waals surface area contributed by atoms with Gasteiger partial charge in [-0.15, -0.1) is 0 Å². The molecule has 8 aromatic rings. The average Bonchev–Trinajstić information content (AvgIpc) is 3.66. The summed E-state index contributed by atoms with van der Waals surface area (Å²) in [6, 6.07) is 60.3. The Morgan fingerprint density at radius 2 is 1.08 bits per heavy atom. The summed E-state index contributed by atoms with van der Waals surface area (Å²) < 4.78 is 2.47. The molecule has 2 aliphatic rings. The number of nitrogens with zero attached hydrogens (tertiary/aromatic N) is 1. The van der Waals surface area contributed by atoms with Gasteiger partial charge in [0.25, 0.3) is 0 Å². The van der Waals surface area contributed by atoms with E-state index in [-0.39, 0.29) is 5.41 Å². The number of allylic oxidation sites excluding steroid dienone is 2. The lowest BCUT2D eigenvalue weighted by atomic mass is 9.81. The number of dihydropyridines is 1. The molecule has 248 valence electrons. The topological polar surface area (TPSA) is 17.0 Å². The summed E-state index contributed by atoms with van der Waals surface area (Å²) >= 11 is 0. The molecule has 7 aromatic carbocycles. The van der Waals surface area contributed by atoms with Crippen LogP contribution in [0.5, 0.6) is 0 Å². The van der Waals surface area contributed by atoms with Gasteiger partial charge < -0.3 is 9.88 Å². The molecule has 0 atom stereocenters. The first kappa shape index (κ1) is 30.4. The summed E-state index contributed by atoms with van der Waals surface area (Å²) in [6.07, 6.45) is 4.56. The molecule has 2 heterocycles. The molecule has 1 aliphatic carbocycles. The van der Waals surface area contributed by atoms with Gasteiger partial charge in [0.2, 0.25) is 0 Å². The van der Waals surface area contributed by atoms with E-state index in [0.717, 1.165) is 12.2 Å². The molecule has 0 unspecified atom stereocenters. The van der Waals surface area contributed by atoms with Crippen molar-refractivity contribution in [2.45, 2.75) is 19.3 Å². The maximum atomic E-state index is 3.53. The third-order valence-electron chi connectivity index (χ3n) is 11.2. The Morgan fingerprint density at radius 3 is 1.85 bits per heavy atom. The van der Waals surface area contributed by atoms with E-state index in [1.807, 2.05) is 0 Å². The minimum Gasteiger partial charge on any atom is -0.387 e. The van der Waals surface area contributed by atoms with Crippen molar-refractivity contribution in [3.63, 3.8) is 0 Å². The van der Waals surface area contributed by atoms with E-state index in [2.05, 4.69) is 200 Å². The Labute approximate surface area is 305 Å². The van der Waals surface area contributed by atoms with Crippen molar-refractivity contribution in [3.05, 3.63) is 198 Å². The number of fused-ring (bicyclic) bond motifs is 6. The lowest BCUT2D eigenvalue weighted by Crippen LogP contribution is -2.16. The first-order chi connectivity index (χ1) is 25.5. The number of rotatable bonds is 5. The van der Waals surface area contributed by atoms with Crippen LogP contribution in [0.25, 0.3) is 72.0 Å². The maximum Gasteiger partial charge on any atom is 0.0547 e. The molecule has 1 aliphatic heterocycles. The lowest BCUT2D eigenvalue weighted by molar-refractivity contribution is 0.660.